The zero-order valence-electron chi connectivity index (χ0n) is 12.1. The SMILES string of the molecule is C=C(C)C(=O)OCCCC[Si](C)(C)OCCOC. The van der Waals surface area contributed by atoms with Crippen molar-refractivity contribution in [3.8, 4) is 0 Å². The largest absolute Gasteiger partial charge is 0.462 e. The number of hydrogen-bond donors (Lipinski definition) is 0. The highest BCUT2D eigenvalue weighted by molar-refractivity contribution is 6.71. The Balaban J connectivity index is 3.58. The number of methoxy groups -OCH3 is 1. The van der Waals surface area contributed by atoms with Gasteiger partial charge in [-0.05, 0) is 32.5 Å². The van der Waals surface area contributed by atoms with Crippen LogP contribution in [0.5, 0.6) is 0 Å². The molecule has 0 saturated heterocycles. The lowest BCUT2D eigenvalue weighted by Crippen LogP contribution is -2.31. The van der Waals surface area contributed by atoms with E-state index in [1.165, 1.54) is 0 Å². The zero-order valence-corrected chi connectivity index (χ0v) is 13.1. The Kier molecular flexibility index (Phi) is 8.96. The number of ether oxygens (including phenoxy) is 2. The van der Waals surface area contributed by atoms with Gasteiger partial charge in [0.2, 0.25) is 0 Å². The van der Waals surface area contributed by atoms with Crippen LogP contribution < -0.4 is 0 Å². The highest BCUT2D eigenvalue weighted by atomic mass is 28.4. The number of hydrogen-bond acceptors (Lipinski definition) is 4. The molecule has 0 aromatic rings. The van der Waals surface area contributed by atoms with Crippen molar-refractivity contribution in [3.63, 3.8) is 0 Å². The van der Waals surface area contributed by atoms with Gasteiger partial charge in [0.05, 0.1) is 19.8 Å². The molecule has 0 spiro atoms. The van der Waals surface area contributed by atoms with E-state index in [1.807, 2.05) is 0 Å². The van der Waals surface area contributed by atoms with Crippen LogP contribution in [0.1, 0.15) is 19.8 Å². The summed E-state index contributed by atoms with van der Waals surface area (Å²) in [5, 5.41) is 0. The molecular weight excluding hydrogens is 248 g/mol. The normalized spacial score (nSPS) is 11.3. The van der Waals surface area contributed by atoms with Crippen LogP contribution in [-0.4, -0.2) is 41.2 Å². The fourth-order valence-electron chi connectivity index (χ4n) is 1.41. The van der Waals surface area contributed by atoms with Crippen molar-refractivity contribution in [3.05, 3.63) is 12.2 Å². The minimum atomic E-state index is -1.58. The fourth-order valence-corrected chi connectivity index (χ4v) is 3.30. The first-order valence-electron chi connectivity index (χ1n) is 6.34. The van der Waals surface area contributed by atoms with E-state index in [-0.39, 0.29) is 5.97 Å². The summed E-state index contributed by atoms with van der Waals surface area (Å²) in [4.78, 5) is 11.1. The monoisotopic (exact) mass is 274 g/mol. The van der Waals surface area contributed by atoms with Crippen molar-refractivity contribution in [2.45, 2.75) is 38.9 Å². The molecular formula is C13H26O4Si. The first kappa shape index (κ1) is 17.3. The predicted molar refractivity (Wildman–Crippen MR) is 75.1 cm³/mol. The van der Waals surface area contributed by atoms with Crippen LogP contribution in [0.3, 0.4) is 0 Å². The maximum absolute atomic E-state index is 11.1. The molecule has 0 aliphatic heterocycles. The van der Waals surface area contributed by atoms with Crippen LogP contribution >= 0.6 is 0 Å². The molecule has 0 N–H and O–H groups in total. The lowest BCUT2D eigenvalue weighted by Gasteiger charge is -2.22. The summed E-state index contributed by atoms with van der Waals surface area (Å²) in [7, 11) is 0.0969. The summed E-state index contributed by atoms with van der Waals surface area (Å²) in [6.07, 6.45) is 1.90. The Labute approximate surface area is 111 Å². The molecule has 0 fully saturated rings. The van der Waals surface area contributed by atoms with Gasteiger partial charge in [-0.15, -0.1) is 0 Å². The maximum atomic E-state index is 11.1. The lowest BCUT2D eigenvalue weighted by molar-refractivity contribution is -0.139. The summed E-state index contributed by atoms with van der Waals surface area (Å²) < 4.78 is 15.8. The van der Waals surface area contributed by atoms with Gasteiger partial charge >= 0.3 is 5.97 Å². The van der Waals surface area contributed by atoms with Crippen molar-refractivity contribution >= 4 is 14.3 Å². The lowest BCUT2D eigenvalue weighted by atomic mass is 10.3. The van der Waals surface area contributed by atoms with E-state index in [0.29, 0.717) is 25.4 Å². The standard InChI is InChI=1S/C13H26O4Si/c1-12(2)13(14)16-8-6-7-11-18(4,5)17-10-9-15-3/h1,6-11H2,2-5H3. The van der Waals surface area contributed by atoms with Gasteiger partial charge in [0, 0.05) is 12.7 Å². The average molecular weight is 274 g/mol. The van der Waals surface area contributed by atoms with Gasteiger partial charge in [-0.25, -0.2) is 4.79 Å². The molecule has 0 aromatic carbocycles. The third-order valence-corrected chi connectivity index (χ3v) is 5.08. The molecule has 18 heavy (non-hydrogen) atoms. The van der Waals surface area contributed by atoms with Crippen molar-refractivity contribution in [1.29, 1.82) is 0 Å². The van der Waals surface area contributed by atoms with E-state index in [9.17, 15) is 4.79 Å². The number of rotatable bonds is 10. The van der Waals surface area contributed by atoms with Gasteiger partial charge in [-0.1, -0.05) is 13.0 Å². The quantitative estimate of drug-likeness (QED) is 0.266. The molecule has 0 heterocycles. The zero-order chi connectivity index (χ0) is 14.0. The Bertz CT molecular complexity index is 264. The molecule has 0 bridgehead atoms. The molecule has 0 saturated carbocycles. The number of unbranched alkanes of at least 4 members (excludes halogenated alkanes) is 1. The summed E-state index contributed by atoms with van der Waals surface area (Å²) >= 11 is 0. The fraction of sp³-hybridized carbons (Fsp3) is 0.769. The molecule has 0 rings (SSSR count). The third kappa shape index (κ3) is 9.38. The van der Waals surface area contributed by atoms with Gasteiger partial charge in [-0.3, -0.25) is 0 Å². The minimum absolute atomic E-state index is 0.303. The van der Waals surface area contributed by atoms with Gasteiger partial charge in [0.15, 0.2) is 8.32 Å². The van der Waals surface area contributed by atoms with E-state index in [0.717, 1.165) is 18.9 Å². The number of carbonyl (C=O) groups excluding carboxylic acids is 1. The molecule has 0 aliphatic rings. The molecule has 0 unspecified atom stereocenters. The van der Waals surface area contributed by atoms with E-state index in [4.69, 9.17) is 13.9 Å². The molecule has 0 aromatic heterocycles. The van der Waals surface area contributed by atoms with E-state index in [2.05, 4.69) is 19.7 Å². The Morgan fingerprint density at radius 2 is 1.83 bits per heavy atom. The van der Waals surface area contributed by atoms with Crippen LogP contribution in [0.4, 0.5) is 0 Å². The number of carbonyl (C=O) groups is 1. The molecule has 0 radical (unpaired) electrons. The van der Waals surface area contributed by atoms with Crippen LogP contribution in [0, 0.1) is 0 Å². The summed E-state index contributed by atoms with van der Waals surface area (Å²) in [6.45, 7) is 11.4. The summed E-state index contributed by atoms with van der Waals surface area (Å²) in [6, 6.07) is 1.07. The van der Waals surface area contributed by atoms with Crippen molar-refractivity contribution in [2.24, 2.45) is 0 Å². The molecule has 0 amide bonds. The Morgan fingerprint density at radius 3 is 2.39 bits per heavy atom. The second-order valence-electron chi connectivity index (χ2n) is 4.97. The van der Waals surface area contributed by atoms with Crippen LogP contribution in [-0.2, 0) is 18.7 Å². The van der Waals surface area contributed by atoms with Crippen LogP contribution in [0.2, 0.25) is 19.1 Å². The topological polar surface area (TPSA) is 44.8 Å². The third-order valence-electron chi connectivity index (χ3n) is 2.54. The second kappa shape index (κ2) is 9.30. The summed E-state index contributed by atoms with van der Waals surface area (Å²) in [5.74, 6) is -0.303. The predicted octanol–water partition coefficient (Wildman–Crippen LogP) is 2.75. The Morgan fingerprint density at radius 1 is 1.17 bits per heavy atom. The molecule has 4 nitrogen and oxygen atoms in total. The first-order valence-corrected chi connectivity index (χ1v) is 9.46. The molecule has 0 atom stereocenters. The van der Waals surface area contributed by atoms with Crippen LogP contribution in [0.25, 0.3) is 0 Å². The summed E-state index contributed by atoms with van der Waals surface area (Å²) in [5.41, 5.74) is 0.451. The van der Waals surface area contributed by atoms with Crippen molar-refractivity contribution < 1.29 is 18.7 Å². The number of esters is 1. The average Bonchev–Trinajstić information content (AvgIpc) is 2.28. The van der Waals surface area contributed by atoms with E-state index < -0.39 is 8.32 Å². The first-order chi connectivity index (χ1) is 8.39. The Hall–Kier alpha value is -0.653. The molecule has 0 aliphatic carbocycles. The maximum Gasteiger partial charge on any atom is 0.333 e. The van der Waals surface area contributed by atoms with Gasteiger partial charge < -0.3 is 13.9 Å². The second-order valence-corrected chi connectivity index (χ2v) is 9.28. The highest BCUT2D eigenvalue weighted by Gasteiger charge is 2.21. The highest BCUT2D eigenvalue weighted by Crippen LogP contribution is 2.15. The van der Waals surface area contributed by atoms with Crippen molar-refractivity contribution in [2.75, 3.05) is 26.9 Å². The van der Waals surface area contributed by atoms with E-state index in [1.54, 1.807) is 14.0 Å². The van der Waals surface area contributed by atoms with Gasteiger partial charge in [0.25, 0.3) is 0 Å². The minimum Gasteiger partial charge on any atom is -0.462 e. The van der Waals surface area contributed by atoms with Crippen molar-refractivity contribution in [1.82, 2.24) is 0 Å². The van der Waals surface area contributed by atoms with Gasteiger partial charge in [-0.2, -0.15) is 0 Å². The van der Waals surface area contributed by atoms with E-state index >= 15 is 0 Å². The smallest absolute Gasteiger partial charge is 0.333 e. The van der Waals surface area contributed by atoms with Gasteiger partial charge in [0.1, 0.15) is 0 Å². The molecule has 106 valence electrons. The molecule has 5 heteroatoms. The van der Waals surface area contributed by atoms with Crippen LogP contribution in [0.15, 0.2) is 12.2 Å².